The summed E-state index contributed by atoms with van der Waals surface area (Å²) in [6.07, 6.45) is 0. The number of fused-ring (bicyclic) bond motifs is 1. The molecule has 1 aromatic carbocycles. The SMILES string of the molecule is O=[N+]([O-])c1c(O)sc2c(F)cccc12. The molecule has 0 radical (unpaired) electrons. The number of thiophene rings is 1. The van der Waals surface area contributed by atoms with E-state index in [0.29, 0.717) is 11.3 Å². The van der Waals surface area contributed by atoms with Crippen LogP contribution >= 0.6 is 11.3 Å². The first-order valence-electron chi connectivity index (χ1n) is 3.65. The summed E-state index contributed by atoms with van der Waals surface area (Å²) in [6.45, 7) is 0. The summed E-state index contributed by atoms with van der Waals surface area (Å²) in [5.74, 6) is -0.559. The van der Waals surface area contributed by atoms with Crippen LogP contribution in [0.1, 0.15) is 0 Å². The van der Waals surface area contributed by atoms with Gasteiger partial charge in [-0.1, -0.05) is 17.4 Å². The second-order valence-corrected chi connectivity index (χ2v) is 3.63. The lowest BCUT2D eigenvalue weighted by atomic mass is 10.2. The van der Waals surface area contributed by atoms with Crippen LogP contribution in [0.3, 0.4) is 0 Å². The van der Waals surface area contributed by atoms with Crippen LogP contribution in [0.4, 0.5) is 10.1 Å². The van der Waals surface area contributed by atoms with E-state index in [1.54, 1.807) is 0 Å². The average molecular weight is 213 g/mol. The molecular weight excluding hydrogens is 209 g/mol. The minimum Gasteiger partial charge on any atom is -0.495 e. The van der Waals surface area contributed by atoms with E-state index in [1.807, 2.05) is 0 Å². The third kappa shape index (κ3) is 1.12. The summed E-state index contributed by atoms with van der Waals surface area (Å²) in [7, 11) is 0. The molecule has 72 valence electrons. The molecule has 1 aromatic heterocycles. The first-order valence-corrected chi connectivity index (χ1v) is 4.47. The summed E-state index contributed by atoms with van der Waals surface area (Å²) in [4.78, 5) is 9.82. The minimum absolute atomic E-state index is 0.108. The molecule has 0 saturated carbocycles. The summed E-state index contributed by atoms with van der Waals surface area (Å²) in [5.41, 5.74) is -0.426. The third-order valence-electron chi connectivity index (χ3n) is 1.81. The second-order valence-electron chi connectivity index (χ2n) is 2.63. The Labute approximate surface area is 81.4 Å². The Morgan fingerprint density at radius 2 is 2.21 bits per heavy atom. The van der Waals surface area contributed by atoms with Gasteiger partial charge in [-0.2, -0.15) is 0 Å². The van der Waals surface area contributed by atoms with Crippen LogP contribution in [0.25, 0.3) is 10.1 Å². The summed E-state index contributed by atoms with van der Waals surface area (Å²) < 4.78 is 13.2. The van der Waals surface area contributed by atoms with Gasteiger partial charge in [-0.15, -0.1) is 0 Å². The molecule has 0 spiro atoms. The predicted molar refractivity (Wildman–Crippen MR) is 50.1 cm³/mol. The van der Waals surface area contributed by atoms with Gasteiger partial charge < -0.3 is 5.11 Å². The van der Waals surface area contributed by atoms with Crippen molar-refractivity contribution in [1.82, 2.24) is 0 Å². The van der Waals surface area contributed by atoms with E-state index in [4.69, 9.17) is 0 Å². The Morgan fingerprint density at radius 3 is 2.86 bits per heavy atom. The van der Waals surface area contributed by atoms with Crippen molar-refractivity contribution in [1.29, 1.82) is 0 Å². The molecule has 1 N–H and O–H groups in total. The van der Waals surface area contributed by atoms with Crippen LogP contribution in [0.15, 0.2) is 18.2 Å². The number of hydrogen-bond donors (Lipinski definition) is 1. The maximum absolute atomic E-state index is 13.1. The number of nitrogens with zero attached hydrogens (tertiary/aromatic N) is 1. The number of aromatic hydroxyl groups is 1. The van der Waals surface area contributed by atoms with Gasteiger partial charge in [0.1, 0.15) is 5.82 Å². The molecule has 0 atom stereocenters. The molecule has 0 aliphatic carbocycles. The van der Waals surface area contributed by atoms with Gasteiger partial charge in [0.25, 0.3) is 5.06 Å². The van der Waals surface area contributed by atoms with Crippen LogP contribution in [0.2, 0.25) is 0 Å². The highest BCUT2D eigenvalue weighted by Crippen LogP contribution is 2.43. The van der Waals surface area contributed by atoms with E-state index in [9.17, 15) is 19.6 Å². The van der Waals surface area contributed by atoms with Crippen molar-refractivity contribution in [2.45, 2.75) is 0 Å². The van der Waals surface area contributed by atoms with Crippen LogP contribution in [-0.2, 0) is 0 Å². The number of halogens is 1. The first-order chi connectivity index (χ1) is 6.61. The largest absolute Gasteiger partial charge is 0.495 e. The van der Waals surface area contributed by atoms with Crippen molar-refractivity contribution in [3.05, 3.63) is 34.1 Å². The van der Waals surface area contributed by atoms with Crippen molar-refractivity contribution in [2.75, 3.05) is 0 Å². The molecule has 0 aliphatic heterocycles. The van der Waals surface area contributed by atoms with Gasteiger partial charge in [-0.25, -0.2) is 4.39 Å². The summed E-state index contributed by atoms with van der Waals surface area (Å²) in [5, 5.41) is 19.5. The van der Waals surface area contributed by atoms with Crippen molar-refractivity contribution in [2.24, 2.45) is 0 Å². The fourth-order valence-corrected chi connectivity index (χ4v) is 2.15. The van der Waals surface area contributed by atoms with Crippen molar-refractivity contribution < 1.29 is 14.4 Å². The van der Waals surface area contributed by atoms with E-state index in [0.717, 1.165) is 0 Å². The topological polar surface area (TPSA) is 63.4 Å². The lowest BCUT2D eigenvalue weighted by Gasteiger charge is -1.90. The lowest BCUT2D eigenvalue weighted by molar-refractivity contribution is -0.383. The van der Waals surface area contributed by atoms with Gasteiger partial charge in [0, 0.05) is 0 Å². The van der Waals surface area contributed by atoms with Crippen molar-refractivity contribution in [3.63, 3.8) is 0 Å². The van der Waals surface area contributed by atoms with Gasteiger partial charge in [0.05, 0.1) is 15.0 Å². The number of rotatable bonds is 1. The Bertz CT molecular complexity index is 523. The maximum Gasteiger partial charge on any atom is 0.330 e. The Kier molecular flexibility index (Phi) is 1.85. The lowest BCUT2D eigenvalue weighted by Crippen LogP contribution is -1.85. The molecule has 0 aliphatic rings. The average Bonchev–Trinajstić information content (AvgIpc) is 2.42. The molecule has 2 rings (SSSR count). The predicted octanol–water partition coefficient (Wildman–Crippen LogP) is 2.65. The minimum atomic E-state index is -0.715. The highest BCUT2D eigenvalue weighted by molar-refractivity contribution is 7.21. The first kappa shape index (κ1) is 8.89. The number of nitro groups is 1. The molecule has 14 heavy (non-hydrogen) atoms. The van der Waals surface area contributed by atoms with Crippen LogP contribution in [0.5, 0.6) is 5.06 Å². The van der Waals surface area contributed by atoms with Crippen molar-refractivity contribution >= 4 is 27.1 Å². The van der Waals surface area contributed by atoms with E-state index in [-0.39, 0.29) is 10.1 Å². The fraction of sp³-hybridized carbons (Fsp3) is 0. The third-order valence-corrected chi connectivity index (χ3v) is 2.81. The number of hydrogen-bond acceptors (Lipinski definition) is 4. The second kappa shape index (κ2) is 2.91. The van der Waals surface area contributed by atoms with E-state index in [2.05, 4.69) is 0 Å². The Balaban J connectivity index is 2.90. The van der Waals surface area contributed by atoms with Gasteiger partial charge >= 0.3 is 5.69 Å². The molecular formula is C8H4FNO3S. The van der Waals surface area contributed by atoms with E-state index in [1.165, 1.54) is 18.2 Å². The highest BCUT2D eigenvalue weighted by Gasteiger charge is 2.23. The van der Waals surface area contributed by atoms with E-state index >= 15 is 0 Å². The summed E-state index contributed by atoms with van der Waals surface area (Å²) in [6, 6.07) is 3.98. The van der Waals surface area contributed by atoms with Crippen LogP contribution in [-0.4, -0.2) is 10.0 Å². The zero-order valence-electron chi connectivity index (χ0n) is 6.73. The van der Waals surface area contributed by atoms with Crippen LogP contribution < -0.4 is 0 Å². The molecule has 6 heteroatoms. The zero-order chi connectivity index (χ0) is 10.3. The standard InChI is InChI=1S/C8H4FNO3S/c9-5-3-1-2-4-6(10(12)13)8(11)14-7(4)5/h1-3,11H. The van der Waals surface area contributed by atoms with Crippen LogP contribution in [0, 0.1) is 15.9 Å². The Morgan fingerprint density at radius 1 is 1.50 bits per heavy atom. The van der Waals surface area contributed by atoms with Gasteiger partial charge in [0.15, 0.2) is 0 Å². The molecule has 0 saturated heterocycles. The molecule has 0 bridgehead atoms. The normalized spacial score (nSPS) is 10.6. The monoisotopic (exact) mass is 213 g/mol. The fourth-order valence-electron chi connectivity index (χ4n) is 1.24. The highest BCUT2D eigenvalue weighted by atomic mass is 32.1. The zero-order valence-corrected chi connectivity index (χ0v) is 7.55. The summed E-state index contributed by atoms with van der Waals surface area (Å²) >= 11 is 0.673. The van der Waals surface area contributed by atoms with Gasteiger partial charge in [-0.3, -0.25) is 10.1 Å². The van der Waals surface area contributed by atoms with E-state index < -0.39 is 21.5 Å². The molecule has 2 aromatic rings. The molecule has 4 nitrogen and oxygen atoms in total. The quantitative estimate of drug-likeness (QED) is 0.585. The molecule has 0 fully saturated rings. The number of benzene rings is 1. The van der Waals surface area contributed by atoms with Gasteiger partial charge in [-0.05, 0) is 12.1 Å². The molecule has 1 heterocycles. The molecule has 0 unspecified atom stereocenters. The van der Waals surface area contributed by atoms with Gasteiger partial charge in [0.2, 0.25) is 0 Å². The molecule has 0 amide bonds. The Hall–Kier alpha value is -1.69. The maximum atomic E-state index is 13.1. The van der Waals surface area contributed by atoms with Crippen molar-refractivity contribution in [3.8, 4) is 5.06 Å². The smallest absolute Gasteiger partial charge is 0.330 e.